The topological polar surface area (TPSA) is 70.4 Å². The third kappa shape index (κ3) is 2.94. The number of sulfonamides is 1. The number of nitrogens with zero attached hydrogens (tertiary/aromatic N) is 2. The highest BCUT2D eigenvalue weighted by molar-refractivity contribution is 7.89. The second-order valence-electron chi connectivity index (χ2n) is 4.15. The first-order valence-electron chi connectivity index (χ1n) is 5.45. The average Bonchev–Trinajstić information content (AvgIpc) is 2.26. The van der Waals surface area contributed by atoms with E-state index in [-0.39, 0.29) is 12.6 Å². The Morgan fingerprint density at radius 1 is 1.44 bits per heavy atom. The number of hydrogen-bond acceptors (Lipinski definition) is 4. The summed E-state index contributed by atoms with van der Waals surface area (Å²) in [4.78, 5) is 0. The summed E-state index contributed by atoms with van der Waals surface area (Å²) < 4.78 is 30.9. The zero-order chi connectivity index (χ0) is 12.2. The summed E-state index contributed by atoms with van der Waals surface area (Å²) in [5, 5.41) is 8.27. The molecule has 0 atom stereocenters. The molecule has 0 aromatic rings. The van der Waals surface area contributed by atoms with Crippen molar-refractivity contribution in [2.45, 2.75) is 38.0 Å². The van der Waals surface area contributed by atoms with Gasteiger partial charge >= 0.3 is 0 Å². The van der Waals surface area contributed by atoms with E-state index in [0.717, 1.165) is 0 Å². The van der Waals surface area contributed by atoms with E-state index >= 15 is 0 Å². The van der Waals surface area contributed by atoms with Crippen molar-refractivity contribution in [1.82, 2.24) is 4.31 Å². The lowest BCUT2D eigenvalue weighted by Gasteiger charge is -2.30. The maximum Gasteiger partial charge on any atom is 0.218 e. The number of rotatable bonds is 4. The van der Waals surface area contributed by atoms with Gasteiger partial charge in [0.15, 0.2) is 0 Å². The minimum absolute atomic E-state index is 0.0721. The van der Waals surface area contributed by atoms with E-state index in [2.05, 4.69) is 0 Å². The molecule has 92 valence electrons. The lowest BCUT2D eigenvalue weighted by Crippen LogP contribution is -2.44. The fourth-order valence-electron chi connectivity index (χ4n) is 1.80. The van der Waals surface area contributed by atoms with Crippen molar-refractivity contribution in [3.63, 3.8) is 0 Å². The number of hydrogen-bond donors (Lipinski definition) is 0. The van der Waals surface area contributed by atoms with Gasteiger partial charge < -0.3 is 4.74 Å². The van der Waals surface area contributed by atoms with Gasteiger partial charge in [-0.25, -0.2) is 8.42 Å². The van der Waals surface area contributed by atoms with Gasteiger partial charge in [-0.2, -0.15) is 9.57 Å². The van der Waals surface area contributed by atoms with Gasteiger partial charge in [0.2, 0.25) is 10.0 Å². The molecule has 1 saturated heterocycles. The summed E-state index contributed by atoms with van der Waals surface area (Å²) in [5.41, 5.74) is 0. The fraction of sp³-hybridized carbons (Fsp3) is 0.900. The Morgan fingerprint density at radius 2 is 2.00 bits per heavy atom. The quantitative estimate of drug-likeness (QED) is 0.686. The standard InChI is InChI=1S/C10H18N2O3S/c1-9(2)12(6-5-11)16(13,14)10-3-7-15-8-4-10/h9-10H,3-4,6-8H2,1-2H3. The number of ether oxygens (including phenoxy) is 1. The zero-order valence-corrected chi connectivity index (χ0v) is 10.5. The van der Waals surface area contributed by atoms with Gasteiger partial charge in [0, 0.05) is 19.3 Å². The second-order valence-corrected chi connectivity index (χ2v) is 6.32. The molecule has 16 heavy (non-hydrogen) atoms. The maximum atomic E-state index is 12.2. The van der Waals surface area contributed by atoms with Crippen molar-refractivity contribution in [3.05, 3.63) is 0 Å². The predicted octanol–water partition coefficient (Wildman–Crippen LogP) is 0.729. The predicted molar refractivity (Wildman–Crippen MR) is 60.2 cm³/mol. The lowest BCUT2D eigenvalue weighted by atomic mass is 10.2. The molecule has 0 radical (unpaired) electrons. The molecule has 1 aliphatic heterocycles. The van der Waals surface area contributed by atoms with Crippen LogP contribution in [0.5, 0.6) is 0 Å². The van der Waals surface area contributed by atoms with Crippen LogP contribution in [0.4, 0.5) is 0 Å². The summed E-state index contributed by atoms with van der Waals surface area (Å²) in [5.74, 6) is 0. The monoisotopic (exact) mass is 246 g/mol. The van der Waals surface area contributed by atoms with E-state index in [0.29, 0.717) is 26.1 Å². The second kappa shape index (κ2) is 5.62. The molecular formula is C10H18N2O3S. The Kier molecular flexibility index (Phi) is 4.71. The van der Waals surface area contributed by atoms with Gasteiger partial charge in [0.25, 0.3) is 0 Å². The van der Waals surface area contributed by atoms with Crippen molar-refractivity contribution < 1.29 is 13.2 Å². The minimum Gasteiger partial charge on any atom is -0.381 e. The fourth-order valence-corrected chi connectivity index (χ4v) is 3.80. The Bertz CT molecular complexity index is 353. The molecule has 0 bridgehead atoms. The normalized spacial score (nSPS) is 18.9. The van der Waals surface area contributed by atoms with E-state index in [4.69, 9.17) is 10.00 Å². The highest BCUT2D eigenvalue weighted by Gasteiger charge is 2.34. The maximum absolute atomic E-state index is 12.2. The number of nitriles is 1. The van der Waals surface area contributed by atoms with Gasteiger partial charge in [0.05, 0.1) is 11.3 Å². The van der Waals surface area contributed by atoms with Crippen molar-refractivity contribution in [1.29, 1.82) is 5.26 Å². The van der Waals surface area contributed by atoms with E-state index in [9.17, 15) is 8.42 Å². The van der Waals surface area contributed by atoms with Crippen LogP contribution >= 0.6 is 0 Å². The Balaban J connectivity index is 2.84. The highest BCUT2D eigenvalue weighted by atomic mass is 32.2. The van der Waals surface area contributed by atoms with E-state index in [1.54, 1.807) is 13.8 Å². The minimum atomic E-state index is -3.35. The van der Waals surface area contributed by atoms with E-state index in [1.165, 1.54) is 4.31 Å². The summed E-state index contributed by atoms with van der Waals surface area (Å²) in [6.45, 7) is 4.48. The van der Waals surface area contributed by atoms with Crippen LogP contribution in [0, 0.1) is 11.3 Å². The average molecular weight is 246 g/mol. The first-order chi connectivity index (χ1) is 7.50. The molecule has 0 N–H and O–H groups in total. The first kappa shape index (κ1) is 13.4. The third-order valence-corrected chi connectivity index (χ3v) is 5.24. The molecule has 0 aromatic carbocycles. The van der Waals surface area contributed by atoms with Gasteiger partial charge in [-0.15, -0.1) is 0 Å². The zero-order valence-electron chi connectivity index (χ0n) is 9.72. The van der Waals surface area contributed by atoms with Gasteiger partial charge in [0.1, 0.15) is 6.54 Å². The summed E-state index contributed by atoms with van der Waals surface area (Å²) >= 11 is 0. The molecule has 1 rings (SSSR count). The summed E-state index contributed by atoms with van der Waals surface area (Å²) in [6.07, 6.45) is 1.05. The molecule has 5 nitrogen and oxygen atoms in total. The summed E-state index contributed by atoms with van der Waals surface area (Å²) in [7, 11) is -3.35. The molecule has 1 aliphatic rings. The molecule has 1 fully saturated rings. The first-order valence-corrected chi connectivity index (χ1v) is 6.95. The Labute approximate surface area is 97.0 Å². The van der Waals surface area contributed by atoms with Crippen LogP contribution in [-0.4, -0.2) is 43.8 Å². The molecule has 0 aromatic heterocycles. The smallest absolute Gasteiger partial charge is 0.218 e. The van der Waals surface area contributed by atoms with Crippen LogP contribution in [0.1, 0.15) is 26.7 Å². The van der Waals surface area contributed by atoms with Crippen molar-refractivity contribution in [3.8, 4) is 6.07 Å². The van der Waals surface area contributed by atoms with Crippen molar-refractivity contribution >= 4 is 10.0 Å². The lowest BCUT2D eigenvalue weighted by molar-refractivity contribution is 0.0970. The molecular weight excluding hydrogens is 228 g/mol. The molecule has 0 spiro atoms. The van der Waals surface area contributed by atoms with Crippen molar-refractivity contribution in [2.75, 3.05) is 19.8 Å². The van der Waals surface area contributed by atoms with Crippen LogP contribution < -0.4 is 0 Å². The van der Waals surface area contributed by atoms with Gasteiger partial charge in [-0.05, 0) is 26.7 Å². The Hall–Kier alpha value is -0.640. The van der Waals surface area contributed by atoms with E-state index in [1.807, 2.05) is 6.07 Å². The van der Waals surface area contributed by atoms with Crippen LogP contribution in [0.2, 0.25) is 0 Å². The summed E-state index contributed by atoms with van der Waals surface area (Å²) in [6, 6.07) is 1.74. The highest BCUT2D eigenvalue weighted by Crippen LogP contribution is 2.21. The van der Waals surface area contributed by atoms with Crippen LogP contribution in [0.15, 0.2) is 0 Å². The molecule has 0 saturated carbocycles. The van der Waals surface area contributed by atoms with E-state index < -0.39 is 15.3 Å². The van der Waals surface area contributed by atoms with Crippen LogP contribution in [0.3, 0.4) is 0 Å². The molecule has 0 unspecified atom stereocenters. The molecule has 0 aliphatic carbocycles. The van der Waals surface area contributed by atoms with Crippen LogP contribution in [0.25, 0.3) is 0 Å². The largest absolute Gasteiger partial charge is 0.381 e. The molecule has 1 heterocycles. The Morgan fingerprint density at radius 3 is 2.44 bits per heavy atom. The van der Waals surface area contributed by atoms with Gasteiger partial charge in [-0.1, -0.05) is 0 Å². The van der Waals surface area contributed by atoms with Crippen molar-refractivity contribution in [2.24, 2.45) is 0 Å². The SMILES string of the molecule is CC(C)N(CC#N)S(=O)(=O)C1CCOCC1. The van der Waals surface area contributed by atoms with Gasteiger partial charge in [-0.3, -0.25) is 0 Å². The third-order valence-electron chi connectivity index (χ3n) is 2.72. The van der Waals surface area contributed by atoms with Crippen LogP contribution in [-0.2, 0) is 14.8 Å². The molecule has 0 amide bonds. The molecule has 6 heteroatoms.